The molecule has 1 aromatic heterocycles. The maximum Gasteiger partial charge on any atom is 0.210 e. The van der Waals surface area contributed by atoms with Crippen molar-refractivity contribution in [2.45, 2.75) is 39.5 Å². The summed E-state index contributed by atoms with van der Waals surface area (Å²) in [5, 5.41) is 0. The van der Waals surface area contributed by atoms with Crippen molar-refractivity contribution in [3.63, 3.8) is 0 Å². The average molecular weight is 302 g/mol. The summed E-state index contributed by atoms with van der Waals surface area (Å²) in [6.45, 7) is 8.62. The maximum absolute atomic E-state index is 12.2. The van der Waals surface area contributed by atoms with Crippen molar-refractivity contribution in [3.8, 4) is 5.75 Å². The third-order valence-corrected chi connectivity index (χ3v) is 4.61. The molecule has 2 nitrogen and oxygen atoms in total. The van der Waals surface area contributed by atoms with Crippen LogP contribution in [0.25, 0.3) is 0 Å². The number of ether oxygens (including phenoxy) is 1. The molecule has 3 heteroatoms. The zero-order valence-corrected chi connectivity index (χ0v) is 13.9. The summed E-state index contributed by atoms with van der Waals surface area (Å²) in [7, 11) is 0. The fraction of sp³-hybridized carbons (Fsp3) is 0.389. The maximum atomic E-state index is 12.2. The molecule has 2 aromatic rings. The number of rotatable bonds is 5. The Morgan fingerprint density at radius 2 is 1.86 bits per heavy atom. The quantitative estimate of drug-likeness (QED) is 0.737. The molecule has 21 heavy (non-hydrogen) atoms. The van der Waals surface area contributed by atoms with Crippen LogP contribution in [0.2, 0.25) is 0 Å². The van der Waals surface area contributed by atoms with Gasteiger partial charge in [0.15, 0.2) is 6.61 Å². The van der Waals surface area contributed by atoms with Crippen molar-refractivity contribution >= 4 is 17.1 Å². The van der Waals surface area contributed by atoms with E-state index in [1.807, 2.05) is 30.3 Å². The lowest BCUT2D eigenvalue weighted by atomic mass is 9.86. The van der Waals surface area contributed by atoms with Crippen LogP contribution in [0.1, 0.15) is 47.8 Å². The van der Waals surface area contributed by atoms with Crippen LogP contribution in [0, 0.1) is 0 Å². The molecule has 0 fully saturated rings. The highest BCUT2D eigenvalue weighted by Crippen LogP contribution is 2.31. The first-order valence-electron chi connectivity index (χ1n) is 7.26. The first kappa shape index (κ1) is 15.8. The van der Waals surface area contributed by atoms with E-state index in [4.69, 9.17) is 4.74 Å². The minimum atomic E-state index is -0.00203. The number of Topliss-reactive ketones (excluding diaryl/α,β-unsaturated/α-hetero) is 1. The molecule has 1 heterocycles. The molecule has 0 aliphatic heterocycles. The Bertz CT molecular complexity index is 620. The number of thiophene rings is 1. The third kappa shape index (κ3) is 3.94. The molecule has 0 radical (unpaired) electrons. The molecule has 0 unspecified atom stereocenters. The summed E-state index contributed by atoms with van der Waals surface area (Å²) in [6, 6.07) is 11.8. The highest BCUT2D eigenvalue weighted by atomic mass is 32.1. The number of carbonyl (C=O) groups excluding carboxylic acids is 1. The third-order valence-electron chi connectivity index (χ3n) is 3.34. The van der Waals surface area contributed by atoms with Crippen molar-refractivity contribution in [1.82, 2.24) is 0 Å². The zero-order valence-electron chi connectivity index (χ0n) is 13.1. The van der Waals surface area contributed by atoms with E-state index < -0.39 is 0 Å². The second-order valence-electron chi connectivity index (χ2n) is 6.08. The lowest BCUT2D eigenvalue weighted by molar-refractivity contribution is 0.0924. The average Bonchev–Trinajstić information content (AvgIpc) is 2.93. The molecular weight excluding hydrogens is 280 g/mol. The van der Waals surface area contributed by atoms with Crippen molar-refractivity contribution < 1.29 is 9.53 Å². The molecule has 1 aromatic carbocycles. The van der Waals surface area contributed by atoms with Gasteiger partial charge in [-0.25, -0.2) is 0 Å². The number of para-hydroxylation sites is 1. The minimum Gasteiger partial charge on any atom is -0.485 e. The van der Waals surface area contributed by atoms with Crippen LogP contribution in [-0.2, 0) is 11.8 Å². The van der Waals surface area contributed by atoms with Gasteiger partial charge in [0.05, 0.1) is 4.88 Å². The Labute approximate surface area is 130 Å². The van der Waals surface area contributed by atoms with Crippen molar-refractivity contribution in [2.24, 2.45) is 0 Å². The zero-order chi connectivity index (χ0) is 15.5. The monoisotopic (exact) mass is 302 g/mol. The van der Waals surface area contributed by atoms with Crippen molar-refractivity contribution in [2.75, 3.05) is 6.61 Å². The normalized spacial score (nSPS) is 11.4. The minimum absolute atomic E-state index is 0.00203. The van der Waals surface area contributed by atoms with E-state index in [2.05, 4.69) is 33.8 Å². The number of benzene rings is 1. The summed E-state index contributed by atoms with van der Waals surface area (Å²) in [5.74, 6) is 0.842. The molecule has 0 amide bonds. The van der Waals surface area contributed by atoms with Gasteiger partial charge in [-0.15, -0.1) is 11.3 Å². The fourth-order valence-electron chi connectivity index (χ4n) is 2.14. The van der Waals surface area contributed by atoms with Crippen molar-refractivity contribution in [3.05, 3.63) is 51.7 Å². The molecule has 0 aliphatic rings. The summed E-state index contributed by atoms with van der Waals surface area (Å²) in [5.41, 5.74) is 1.12. The number of aryl methyl sites for hydroxylation is 1. The van der Waals surface area contributed by atoms with E-state index in [0.29, 0.717) is 0 Å². The van der Waals surface area contributed by atoms with Gasteiger partial charge in [0.2, 0.25) is 5.78 Å². The smallest absolute Gasteiger partial charge is 0.210 e. The van der Waals surface area contributed by atoms with E-state index >= 15 is 0 Å². The number of ketones is 1. The van der Waals surface area contributed by atoms with E-state index in [1.165, 1.54) is 4.88 Å². The highest BCUT2D eigenvalue weighted by Gasteiger charge is 2.19. The topological polar surface area (TPSA) is 26.3 Å². The lowest BCUT2D eigenvalue weighted by Gasteiger charge is -2.22. The van der Waals surface area contributed by atoms with Gasteiger partial charge in [-0.2, -0.15) is 0 Å². The van der Waals surface area contributed by atoms with Crippen LogP contribution < -0.4 is 4.74 Å². The Morgan fingerprint density at radius 3 is 2.48 bits per heavy atom. The van der Waals surface area contributed by atoms with Gasteiger partial charge in [-0.1, -0.05) is 45.9 Å². The van der Waals surface area contributed by atoms with E-state index in [-0.39, 0.29) is 17.8 Å². The Hall–Kier alpha value is -1.61. The summed E-state index contributed by atoms with van der Waals surface area (Å²) >= 11 is 1.56. The van der Waals surface area contributed by atoms with Crippen LogP contribution in [-0.4, -0.2) is 12.4 Å². The Balaban J connectivity index is 2.08. The van der Waals surface area contributed by atoms with Crippen LogP contribution in [0.5, 0.6) is 5.75 Å². The van der Waals surface area contributed by atoms with Gasteiger partial charge >= 0.3 is 0 Å². The molecule has 0 N–H and O–H groups in total. The van der Waals surface area contributed by atoms with Crippen LogP contribution >= 0.6 is 11.3 Å². The first-order chi connectivity index (χ1) is 9.91. The standard InChI is InChI=1S/C18H22O2S/c1-5-13-10-11-17(21-13)15(19)12-20-16-9-7-6-8-14(16)18(2,3)4/h6-11H,5,12H2,1-4H3. The summed E-state index contributed by atoms with van der Waals surface area (Å²) in [4.78, 5) is 14.2. The fourth-order valence-corrected chi connectivity index (χ4v) is 3.02. The molecule has 2 rings (SSSR count). The van der Waals surface area contributed by atoms with Gasteiger partial charge in [0, 0.05) is 4.88 Å². The second-order valence-corrected chi connectivity index (χ2v) is 7.25. The number of hydrogen-bond donors (Lipinski definition) is 0. The van der Waals surface area contributed by atoms with Gasteiger partial charge in [-0.3, -0.25) is 4.79 Å². The van der Waals surface area contributed by atoms with E-state index in [9.17, 15) is 4.79 Å². The van der Waals surface area contributed by atoms with Crippen LogP contribution in [0.3, 0.4) is 0 Å². The summed E-state index contributed by atoms with van der Waals surface area (Å²) < 4.78 is 5.78. The Kier molecular flexibility index (Phi) is 4.84. The van der Waals surface area contributed by atoms with Crippen molar-refractivity contribution in [1.29, 1.82) is 0 Å². The highest BCUT2D eigenvalue weighted by molar-refractivity contribution is 7.14. The second kappa shape index (κ2) is 6.44. The van der Waals surface area contributed by atoms with Gasteiger partial charge < -0.3 is 4.74 Å². The van der Waals surface area contributed by atoms with Crippen LogP contribution in [0.15, 0.2) is 36.4 Å². The lowest BCUT2D eigenvalue weighted by Crippen LogP contribution is -2.16. The predicted octanol–water partition coefficient (Wildman–Crippen LogP) is 4.87. The molecular formula is C18H22O2S. The number of hydrogen-bond acceptors (Lipinski definition) is 3. The van der Waals surface area contributed by atoms with Gasteiger partial charge in [0.1, 0.15) is 5.75 Å². The van der Waals surface area contributed by atoms with Crippen LogP contribution in [0.4, 0.5) is 0 Å². The SMILES string of the molecule is CCc1ccc(C(=O)COc2ccccc2C(C)(C)C)s1. The molecule has 0 spiro atoms. The predicted molar refractivity (Wildman–Crippen MR) is 88.7 cm³/mol. The largest absolute Gasteiger partial charge is 0.485 e. The van der Waals surface area contributed by atoms with E-state index in [1.54, 1.807) is 11.3 Å². The first-order valence-corrected chi connectivity index (χ1v) is 8.07. The molecule has 0 aliphatic carbocycles. The molecule has 0 bridgehead atoms. The van der Waals surface area contributed by atoms with E-state index in [0.717, 1.165) is 22.6 Å². The molecule has 0 atom stereocenters. The summed E-state index contributed by atoms with van der Waals surface area (Å²) in [6.07, 6.45) is 0.964. The van der Waals surface area contributed by atoms with Gasteiger partial charge in [-0.05, 0) is 35.6 Å². The molecule has 112 valence electrons. The molecule has 0 saturated carbocycles. The number of carbonyl (C=O) groups is 1. The molecule has 0 saturated heterocycles. The van der Waals surface area contributed by atoms with Gasteiger partial charge in [0.25, 0.3) is 0 Å². The Morgan fingerprint density at radius 1 is 1.14 bits per heavy atom.